The molecule has 0 N–H and O–H groups in total. The third-order valence-electron chi connectivity index (χ3n) is 15.1. The molecule has 10 rings (SSSR count). The van der Waals surface area contributed by atoms with Gasteiger partial charge in [-0.2, -0.15) is 0 Å². The minimum atomic E-state index is -0.0851. The Balaban J connectivity index is 1.38. The predicted molar refractivity (Wildman–Crippen MR) is 233 cm³/mol. The van der Waals surface area contributed by atoms with E-state index in [2.05, 4.69) is 172 Å². The van der Waals surface area contributed by atoms with E-state index in [1.807, 2.05) is 0 Å². The summed E-state index contributed by atoms with van der Waals surface area (Å²) in [6.07, 6.45) is 5.02. The maximum absolute atomic E-state index is 2.89. The summed E-state index contributed by atoms with van der Waals surface area (Å²) in [4.78, 5) is 5.57. The minimum absolute atomic E-state index is 0.00597. The van der Waals surface area contributed by atoms with Crippen molar-refractivity contribution < 1.29 is 0 Å². The summed E-state index contributed by atoms with van der Waals surface area (Å²) in [5.41, 5.74) is 24.3. The first-order valence-corrected chi connectivity index (χ1v) is 20.7. The fourth-order valence-electron chi connectivity index (χ4n) is 11.8. The first kappa shape index (κ1) is 34.3. The van der Waals surface area contributed by atoms with Crippen molar-refractivity contribution in [2.24, 2.45) is 0 Å². The monoisotopic (exact) mass is 708 g/mol. The number of fused-ring (bicyclic) bond motifs is 11. The highest BCUT2D eigenvalue weighted by Gasteiger charge is 2.62. The molecule has 0 bridgehead atoms. The van der Waals surface area contributed by atoms with Crippen LogP contribution >= 0.6 is 0 Å². The largest absolute Gasteiger partial charge is 0.335 e. The zero-order valence-electron chi connectivity index (χ0n) is 34.8. The average Bonchev–Trinajstić information content (AvgIpc) is 3.47. The number of rotatable bonds is 1. The standard InChI is InChI=1S/C51H57BN2/c1-30-25-41-44-42(26-30)54-46-37(50(11)23-15-16-24-51(50,54)12)28-33(48(6,7)8)29-38(46)52(44)45-40(53(41)39-21-19-32(27-31(39)2)47(3,4)5)22-20-36-43(45)34-17-13-14-18-35(34)49(36,9)10/h13-14,17-22,25-29H,15-16,23-24H2,1-12H3. The molecule has 3 heterocycles. The summed E-state index contributed by atoms with van der Waals surface area (Å²) in [6, 6.07) is 31.9. The van der Waals surface area contributed by atoms with Crippen molar-refractivity contribution in [1.29, 1.82) is 0 Å². The molecular weight excluding hydrogens is 651 g/mol. The van der Waals surface area contributed by atoms with Crippen molar-refractivity contribution in [3.8, 4) is 11.1 Å². The van der Waals surface area contributed by atoms with Crippen LogP contribution in [0.5, 0.6) is 0 Å². The van der Waals surface area contributed by atoms with Gasteiger partial charge in [-0.3, -0.25) is 0 Å². The maximum atomic E-state index is 2.89. The lowest BCUT2D eigenvalue weighted by molar-refractivity contribution is 0.195. The third kappa shape index (κ3) is 4.14. The van der Waals surface area contributed by atoms with Crippen LogP contribution in [-0.4, -0.2) is 12.3 Å². The van der Waals surface area contributed by atoms with Gasteiger partial charge in [-0.05, 0) is 135 Å². The summed E-state index contributed by atoms with van der Waals surface area (Å²) in [5, 5.41) is 0. The SMILES string of the molecule is Cc1cc2c3c(c1)N1c4c(cc(C(C)(C)C)cc4C4(C)CCCCC14C)B3c1c(ccc3c1-c1ccccc1C3(C)C)N2c1ccc(C(C)(C)C)cc1C. The molecule has 3 heteroatoms. The molecule has 54 heavy (non-hydrogen) atoms. The summed E-state index contributed by atoms with van der Waals surface area (Å²) >= 11 is 0. The quantitative estimate of drug-likeness (QED) is 0.157. The Bertz CT molecular complexity index is 2470. The van der Waals surface area contributed by atoms with E-state index in [4.69, 9.17) is 0 Å². The second-order valence-corrected chi connectivity index (χ2v) is 20.7. The van der Waals surface area contributed by atoms with E-state index in [0.717, 1.165) is 0 Å². The molecule has 2 atom stereocenters. The first-order chi connectivity index (χ1) is 25.4. The van der Waals surface area contributed by atoms with E-state index in [1.165, 1.54) is 115 Å². The van der Waals surface area contributed by atoms with Crippen molar-refractivity contribution in [2.75, 3.05) is 9.80 Å². The van der Waals surface area contributed by atoms with Gasteiger partial charge in [0.1, 0.15) is 0 Å². The van der Waals surface area contributed by atoms with Gasteiger partial charge in [0, 0.05) is 39.3 Å². The Morgan fingerprint density at radius 3 is 2.02 bits per heavy atom. The van der Waals surface area contributed by atoms with Crippen LogP contribution in [-0.2, 0) is 21.7 Å². The molecule has 2 nitrogen and oxygen atoms in total. The maximum Gasteiger partial charge on any atom is 0.252 e. The molecule has 5 aromatic rings. The van der Waals surface area contributed by atoms with Gasteiger partial charge in [-0.1, -0.05) is 130 Å². The number of hydrogen-bond acceptors (Lipinski definition) is 2. The normalized spacial score (nSPS) is 22.7. The second kappa shape index (κ2) is 10.5. The molecule has 5 aliphatic rings. The Hall–Kier alpha value is -4.24. The summed E-state index contributed by atoms with van der Waals surface area (Å²) in [5.74, 6) is 0. The van der Waals surface area contributed by atoms with Crippen molar-refractivity contribution in [2.45, 2.75) is 136 Å². The lowest BCUT2D eigenvalue weighted by Gasteiger charge is -2.53. The molecule has 0 amide bonds. The molecule has 5 aromatic carbocycles. The third-order valence-corrected chi connectivity index (χ3v) is 15.1. The lowest BCUT2D eigenvalue weighted by Crippen LogP contribution is -2.65. The van der Waals surface area contributed by atoms with Crippen molar-refractivity contribution in [1.82, 2.24) is 0 Å². The fourth-order valence-corrected chi connectivity index (χ4v) is 11.8. The van der Waals surface area contributed by atoms with Crippen LogP contribution in [0, 0.1) is 13.8 Å². The molecule has 2 unspecified atom stereocenters. The van der Waals surface area contributed by atoms with Crippen LogP contribution < -0.4 is 26.2 Å². The van der Waals surface area contributed by atoms with E-state index in [0.29, 0.717) is 0 Å². The van der Waals surface area contributed by atoms with Gasteiger partial charge in [-0.15, -0.1) is 0 Å². The smallest absolute Gasteiger partial charge is 0.252 e. The summed E-state index contributed by atoms with van der Waals surface area (Å²) in [7, 11) is 0. The summed E-state index contributed by atoms with van der Waals surface area (Å²) < 4.78 is 0. The van der Waals surface area contributed by atoms with E-state index >= 15 is 0 Å². The van der Waals surface area contributed by atoms with Crippen molar-refractivity contribution in [3.05, 3.63) is 118 Å². The highest BCUT2D eigenvalue weighted by molar-refractivity contribution is 7.01. The highest BCUT2D eigenvalue weighted by atomic mass is 15.3. The molecule has 2 aliphatic carbocycles. The van der Waals surface area contributed by atoms with Crippen LogP contribution in [0.2, 0.25) is 0 Å². The zero-order chi connectivity index (χ0) is 38.1. The first-order valence-electron chi connectivity index (χ1n) is 20.7. The number of anilines is 5. The van der Waals surface area contributed by atoms with Crippen molar-refractivity contribution in [3.63, 3.8) is 0 Å². The Morgan fingerprint density at radius 1 is 0.611 bits per heavy atom. The Morgan fingerprint density at radius 2 is 1.30 bits per heavy atom. The van der Waals surface area contributed by atoms with Crippen LogP contribution in [0.4, 0.5) is 28.4 Å². The summed E-state index contributed by atoms with van der Waals surface area (Å²) in [6.45, 7) is 29.1. The van der Waals surface area contributed by atoms with Gasteiger partial charge in [-0.25, -0.2) is 0 Å². The predicted octanol–water partition coefficient (Wildman–Crippen LogP) is 11.6. The van der Waals surface area contributed by atoms with Gasteiger partial charge < -0.3 is 9.80 Å². The fraction of sp³-hybridized carbons (Fsp3) is 0.412. The minimum Gasteiger partial charge on any atom is -0.335 e. The van der Waals surface area contributed by atoms with Crippen LogP contribution in [0.15, 0.2) is 78.9 Å². The Kier molecular flexibility index (Phi) is 6.69. The molecule has 0 saturated heterocycles. The highest BCUT2D eigenvalue weighted by Crippen LogP contribution is 2.63. The molecule has 0 aromatic heterocycles. The average molecular weight is 709 g/mol. The van der Waals surface area contributed by atoms with E-state index in [9.17, 15) is 0 Å². The topological polar surface area (TPSA) is 6.48 Å². The van der Waals surface area contributed by atoms with Gasteiger partial charge in [0.15, 0.2) is 0 Å². The van der Waals surface area contributed by atoms with E-state index in [1.54, 1.807) is 5.56 Å². The zero-order valence-corrected chi connectivity index (χ0v) is 34.8. The number of hydrogen-bond donors (Lipinski definition) is 0. The van der Waals surface area contributed by atoms with Gasteiger partial charge >= 0.3 is 0 Å². The van der Waals surface area contributed by atoms with Gasteiger partial charge in [0.25, 0.3) is 6.71 Å². The van der Waals surface area contributed by atoms with Gasteiger partial charge in [0.2, 0.25) is 0 Å². The number of nitrogens with zero attached hydrogens (tertiary/aromatic N) is 2. The van der Waals surface area contributed by atoms with E-state index in [-0.39, 0.29) is 33.9 Å². The van der Waals surface area contributed by atoms with Crippen LogP contribution in [0.3, 0.4) is 0 Å². The lowest BCUT2D eigenvalue weighted by atomic mass is 9.32. The second-order valence-electron chi connectivity index (χ2n) is 20.7. The van der Waals surface area contributed by atoms with Crippen LogP contribution in [0.1, 0.15) is 134 Å². The molecule has 1 fully saturated rings. The van der Waals surface area contributed by atoms with E-state index < -0.39 is 0 Å². The molecule has 274 valence electrons. The molecule has 0 spiro atoms. The number of aryl methyl sites for hydroxylation is 2. The van der Waals surface area contributed by atoms with Crippen LogP contribution in [0.25, 0.3) is 11.1 Å². The molecular formula is C51H57BN2. The Labute approximate surface area is 325 Å². The van der Waals surface area contributed by atoms with Crippen molar-refractivity contribution >= 4 is 51.5 Å². The molecule has 3 aliphatic heterocycles. The molecule has 0 radical (unpaired) electrons. The number of benzene rings is 5. The molecule has 1 saturated carbocycles. The van der Waals surface area contributed by atoms with Gasteiger partial charge in [0.05, 0.1) is 5.54 Å².